The van der Waals surface area contributed by atoms with Gasteiger partial charge in [0, 0.05) is 43.5 Å². The predicted octanol–water partition coefficient (Wildman–Crippen LogP) is 2.84. The van der Waals surface area contributed by atoms with Crippen molar-refractivity contribution in [2.24, 2.45) is 0 Å². The molecule has 0 spiro atoms. The number of rotatable bonds is 3. The lowest BCUT2D eigenvalue weighted by Crippen LogP contribution is -2.48. The molecule has 1 aliphatic rings. The smallest absolute Gasteiger partial charge is 0.305 e. The van der Waals surface area contributed by atoms with Crippen molar-refractivity contribution in [3.05, 3.63) is 69.8 Å². The van der Waals surface area contributed by atoms with E-state index >= 15 is 0 Å². The molecule has 1 heterocycles. The van der Waals surface area contributed by atoms with Crippen molar-refractivity contribution in [1.29, 1.82) is 0 Å². The maximum atomic E-state index is 13.4. The molecule has 1 amide bonds. The Bertz CT molecular complexity index is 803. The Morgan fingerprint density at radius 3 is 2.24 bits per heavy atom. The molecule has 0 radical (unpaired) electrons. The van der Waals surface area contributed by atoms with Gasteiger partial charge in [-0.05, 0) is 36.4 Å². The van der Waals surface area contributed by atoms with Crippen molar-refractivity contribution >= 4 is 17.3 Å². The molecule has 0 N–H and O–H groups in total. The van der Waals surface area contributed by atoms with Crippen LogP contribution in [0.5, 0.6) is 0 Å². The molecule has 3 rings (SSSR count). The lowest BCUT2D eigenvalue weighted by atomic mass is 10.1. The van der Waals surface area contributed by atoms with Crippen LogP contribution in [-0.2, 0) is 0 Å². The third-order valence-electron chi connectivity index (χ3n) is 4.15. The molecule has 0 saturated carbocycles. The van der Waals surface area contributed by atoms with Crippen LogP contribution in [0.25, 0.3) is 0 Å². The van der Waals surface area contributed by atoms with Gasteiger partial charge in [-0.2, -0.15) is 4.39 Å². The minimum Gasteiger partial charge on any atom is -0.368 e. The zero-order valence-electron chi connectivity index (χ0n) is 13.2. The van der Waals surface area contributed by atoms with Gasteiger partial charge in [0.05, 0.1) is 4.92 Å². The number of benzene rings is 2. The SMILES string of the molecule is O=C(c1ccc(F)c([N+](=O)[O-])c1)N1CCN(c2ccc(F)cc2)CC1. The highest BCUT2D eigenvalue weighted by molar-refractivity contribution is 5.95. The molecule has 6 nitrogen and oxygen atoms in total. The zero-order chi connectivity index (χ0) is 18.0. The van der Waals surface area contributed by atoms with Crippen LogP contribution in [0.3, 0.4) is 0 Å². The van der Waals surface area contributed by atoms with Crippen molar-refractivity contribution in [1.82, 2.24) is 4.90 Å². The quantitative estimate of drug-likeness (QED) is 0.633. The van der Waals surface area contributed by atoms with Gasteiger partial charge < -0.3 is 9.80 Å². The number of piperazine rings is 1. The predicted molar refractivity (Wildman–Crippen MR) is 87.6 cm³/mol. The summed E-state index contributed by atoms with van der Waals surface area (Å²) in [6, 6.07) is 9.25. The van der Waals surface area contributed by atoms with Gasteiger partial charge in [0.2, 0.25) is 5.82 Å². The number of hydrogen-bond acceptors (Lipinski definition) is 4. The van der Waals surface area contributed by atoms with E-state index in [9.17, 15) is 23.7 Å². The third kappa shape index (κ3) is 3.57. The minimum absolute atomic E-state index is 0.0864. The van der Waals surface area contributed by atoms with Crippen LogP contribution in [0.15, 0.2) is 42.5 Å². The third-order valence-corrected chi connectivity index (χ3v) is 4.15. The summed E-state index contributed by atoms with van der Waals surface area (Å²) in [4.78, 5) is 26.0. The first kappa shape index (κ1) is 16.8. The van der Waals surface area contributed by atoms with Crippen LogP contribution in [0.4, 0.5) is 20.2 Å². The summed E-state index contributed by atoms with van der Waals surface area (Å²) in [6.45, 7) is 1.95. The average molecular weight is 347 g/mol. The van der Waals surface area contributed by atoms with Crippen molar-refractivity contribution in [3.8, 4) is 0 Å². The van der Waals surface area contributed by atoms with Crippen LogP contribution in [-0.4, -0.2) is 41.9 Å². The number of nitrogens with zero attached hydrogens (tertiary/aromatic N) is 3. The lowest BCUT2D eigenvalue weighted by molar-refractivity contribution is -0.387. The van der Waals surface area contributed by atoms with Gasteiger partial charge >= 0.3 is 5.69 Å². The number of amides is 1. The van der Waals surface area contributed by atoms with Crippen LogP contribution >= 0.6 is 0 Å². The second-order valence-electron chi connectivity index (χ2n) is 5.68. The monoisotopic (exact) mass is 347 g/mol. The highest BCUT2D eigenvalue weighted by Crippen LogP contribution is 2.21. The second-order valence-corrected chi connectivity index (χ2v) is 5.68. The van der Waals surface area contributed by atoms with Crippen LogP contribution in [0, 0.1) is 21.7 Å². The van der Waals surface area contributed by atoms with E-state index in [4.69, 9.17) is 0 Å². The van der Waals surface area contributed by atoms with Gasteiger partial charge in [0.1, 0.15) is 5.82 Å². The summed E-state index contributed by atoms with van der Waals surface area (Å²) >= 11 is 0. The molecule has 0 unspecified atom stereocenters. The fourth-order valence-corrected chi connectivity index (χ4v) is 2.79. The van der Waals surface area contributed by atoms with E-state index in [1.807, 2.05) is 4.90 Å². The molecular weight excluding hydrogens is 332 g/mol. The lowest BCUT2D eigenvalue weighted by Gasteiger charge is -2.36. The molecular formula is C17H15F2N3O3. The first-order valence-corrected chi connectivity index (χ1v) is 7.69. The highest BCUT2D eigenvalue weighted by atomic mass is 19.1. The van der Waals surface area contributed by atoms with Crippen molar-refractivity contribution < 1.29 is 18.5 Å². The fraction of sp³-hybridized carbons (Fsp3) is 0.235. The highest BCUT2D eigenvalue weighted by Gasteiger charge is 2.24. The van der Waals surface area contributed by atoms with Gasteiger partial charge in [0.25, 0.3) is 5.91 Å². The summed E-state index contributed by atoms with van der Waals surface area (Å²) in [6.07, 6.45) is 0. The van der Waals surface area contributed by atoms with Gasteiger partial charge in [-0.3, -0.25) is 14.9 Å². The van der Waals surface area contributed by atoms with E-state index in [1.54, 1.807) is 17.0 Å². The molecule has 8 heteroatoms. The standard InChI is InChI=1S/C17H15F2N3O3/c18-13-2-4-14(5-3-13)20-7-9-21(10-8-20)17(23)12-1-6-15(19)16(11-12)22(24)25/h1-6,11H,7-10H2. The first-order valence-electron chi connectivity index (χ1n) is 7.69. The fourth-order valence-electron chi connectivity index (χ4n) is 2.79. The summed E-state index contributed by atoms with van der Waals surface area (Å²) in [5.41, 5.74) is 0.241. The largest absolute Gasteiger partial charge is 0.368 e. The Morgan fingerprint density at radius 2 is 1.64 bits per heavy atom. The maximum absolute atomic E-state index is 13.4. The molecule has 0 bridgehead atoms. The molecule has 130 valence electrons. The van der Waals surface area contributed by atoms with E-state index in [2.05, 4.69) is 0 Å². The molecule has 0 atom stereocenters. The molecule has 0 aliphatic carbocycles. The van der Waals surface area contributed by atoms with Gasteiger partial charge in [-0.1, -0.05) is 0 Å². The topological polar surface area (TPSA) is 66.7 Å². The number of anilines is 1. The van der Waals surface area contributed by atoms with Crippen LogP contribution < -0.4 is 4.90 Å². The van der Waals surface area contributed by atoms with Crippen molar-refractivity contribution in [2.75, 3.05) is 31.1 Å². The summed E-state index contributed by atoms with van der Waals surface area (Å²) in [7, 11) is 0. The Balaban J connectivity index is 1.68. The number of carbonyl (C=O) groups excluding carboxylic acids is 1. The Labute approximate surface area is 142 Å². The number of carbonyl (C=O) groups is 1. The Morgan fingerprint density at radius 1 is 1.00 bits per heavy atom. The van der Waals surface area contributed by atoms with E-state index in [-0.39, 0.29) is 17.3 Å². The van der Waals surface area contributed by atoms with E-state index < -0.39 is 16.4 Å². The summed E-state index contributed by atoms with van der Waals surface area (Å²) in [5, 5.41) is 10.8. The normalized spacial score (nSPS) is 14.5. The van der Waals surface area contributed by atoms with Gasteiger partial charge in [0.15, 0.2) is 0 Å². The van der Waals surface area contributed by atoms with Crippen LogP contribution in [0.1, 0.15) is 10.4 Å². The van der Waals surface area contributed by atoms with E-state index in [0.717, 1.165) is 17.8 Å². The minimum atomic E-state index is -0.970. The summed E-state index contributed by atoms with van der Waals surface area (Å²) < 4.78 is 26.4. The number of nitro benzene ring substituents is 1. The van der Waals surface area contributed by atoms with E-state index in [0.29, 0.717) is 26.2 Å². The Kier molecular flexibility index (Phi) is 4.60. The molecule has 1 aliphatic heterocycles. The van der Waals surface area contributed by atoms with Gasteiger partial charge in [-0.15, -0.1) is 0 Å². The number of hydrogen-bond donors (Lipinski definition) is 0. The average Bonchev–Trinajstić information content (AvgIpc) is 2.62. The van der Waals surface area contributed by atoms with Crippen molar-refractivity contribution in [3.63, 3.8) is 0 Å². The molecule has 1 saturated heterocycles. The Hall–Kier alpha value is -3.03. The second kappa shape index (κ2) is 6.84. The van der Waals surface area contributed by atoms with E-state index in [1.165, 1.54) is 18.2 Å². The summed E-state index contributed by atoms with van der Waals surface area (Å²) in [5.74, 6) is -1.65. The number of halogens is 2. The molecule has 0 aromatic heterocycles. The molecule has 1 fully saturated rings. The van der Waals surface area contributed by atoms with Gasteiger partial charge in [-0.25, -0.2) is 4.39 Å². The zero-order valence-corrected chi connectivity index (χ0v) is 13.2. The maximum Gasteiger partial charge on any atom is 0.305 e. The first-order chi connectivity index (χ1) is 12.0. The molecule has 2 aromatic carbocycles. The van der Waals surface area contributed by atoms with Crippen molar-refractivity contribution in [2.45, 2.75) is 0 Å². The molecule has 25 heavy (non-hydrogen) atoms. The number of nitro groups is 1. The molecule has 2 aromatic rings. The van der Waals surface area contributed by atoms with Crippen LogP contribution in [0.2, 0.25) is 0 Å².